The normalized spacial score (nSPS) is 10.4. The first-order chi connectivity index (χ1) is 7.63. The summed E-state index contributed by atoms with van der Waals surface area (Å²) in [7, 11) is 1.49. The summed E-state index contributed by atoms with van der Waals surface area (Å²) in [6.07, 6.45) is 1.40. The number of hydrogen-bond donors (Lipinski definition) is 1. The van der Waals surface area contributed by atoms with Crippen molar-refractivity contribution < 1.29 is 14.3 Å². The Labute approximate surface area is 95.4 Å². The molecule has 2 aromatic rings. The van der Waals surface area contributed by atoms with Gasteiger partial charge in [-0.15, -0.1) is 0 Å². The molecule has 0 saturated carbocycles. The fourth-order valence-corrected chi connectivity index (χ4v) is 1.50. The Hall–Kier alpha value is -1.88. The van der Waals surface area contributed by atoms with Gasteiger partial charge in [-0.3, -0.25) is 9.59 Å². The van der Waals surface area contributed by atoms with Crippen LogP contribution in [0.15, 0.2) is 18.3 Å². The number of nitrogens with zero attached hydrogens (tertiary/aromatic N) is 1. The lowest BCUT2D eigenvalue weighted by Crippen LogP contribution is -2.06. The molecular formula is C10H7ClN2O3. The number of carbonyl (C=O) groups is 2. The van der Waals surface area contributed by atoms with Crippen LogP contribution in [-0.4, -0.2) is 28.1 Å². The molecule has 5 nitrogen and oxygen atoms in total. The van der Waals surface area contributed by atoms with Gasteiger partial charge in [-0.2, -0.15) is 4.98 Å². The van der Waals surface area contributed by atoms with E-state index in [1.165, 1.54) is 13.3 Å². The first-order valence-electron chi connectivity index (χ1n) is 4.39. The zero-order valence-corrected chi connectivity index (χ0v) is 9.04. The van der Waals surface area contributed by atoms with Crippen LogP contribution in [0.5, 0.6) is 5.88 Å². The molecule has 0 bridgehead atoms. The first-order valence-corrected chi connectivity index (χ1v) is 4.77. The summed E-state index contributed by atoms with van der Waals surface area (Å²) < 4.78 is 4.93. The number of H-pyrrole nitrogens is 1. The first kappa shape index (κ1) is 10.6. The summed E-state index contributed by atoms with van der Waals surface area (Å²) in [6.45, 7) is 0. The molecule has 0 aliphatic carbocycles. The predicted octanol–water partition coefficient (Wildman–Crippen LogP) is 1.52. The summed E-state index contributed by atoms with van der Waals surface area (Å²) in [4.78, 5) is 29.0. The van der Waals surface area contributed by atoms with Crippen molar-refractivity contribution in [3.8, 4) is 5.88 Å². The number of Topliss-reactive ketones (excluding diaryl/α,β-unsaturated/α-hetero) is 1. The van der Waals surface area contributed by atoms with Crippen LogP contribution in [0.1, 0.15) is 10.4 Å². The maximum atomic E-state index is 11.4. The predicted molar refractivity (Wildman–Crippen MR) is 57.8 cm³/mol. The van der Waals surface area contributed by atoms with Crippen molar-refractivity contribution in [1.29, 1.82) is 0 Å². The minimum absolute atomic E-state index is 0.213. The summed E-state index contributed by atoms with van der Waals surface area (Å²) in [6, 6.07) is 3.25. The number of pyridine rings is 1. The third-order valence-corrected chi connectivity index (χ3v) is 2.32. The molecule has 6 heteroatoms. The van der Waals surface area contributed by atoms with Crippen molar-refractivity contribution in [2.45, 2.75) is 0 Å². The standard InChI is InChI=1S/C10H7ClN2O3/c1-16-7-3-2-5-6(8(14)9(11)15)4-12-10(5)13-7/h2-4H,1H3,(H,12,13). The maximum Gasteiger partial charge on any atom is 0.293 e. The Morgan fingerprint density at radius 3 is 2.81 bits per heavy atom. The topological polar surface area (TPSA) is 72.1 Å². The number of methoxy groups -OCH3 is 1. The number of ketones is 1. The molecule has 0 atom stereocenters. The van der Waals surface area contributed by atoms with E-state index in [1.54, 1.807) is 12.1 Å². The number of carbonyl (C=O) groups excluding carboxylic acids is 2. The van der Waals surface area contributed by atoms with Crippen LogP contribution in [0.25, 0.3) is 11.0 Å². The fourth-order valence-electron chi connectivity index (χ4n) is 1.39. The lowest BCUT2D eigenvalue weighted by molar-refractivity contribution is -0.108. The number of halogens is 1. The Morgan fingerprint density at radius 2 is 2.19 bits per heavy atom. The van der Waals surface area contributed by atoms with Gasteiger partial charge in [0.2, 0.25) is 11.7 Å². The number of nitrogens with one attached hydrogen (secondary N) is 1. The summed E-state index contributed by atoms with van der Waals surface area (Å²) in [5.74, 6) is -0.328. The van der Waals surface area contributed by atoms with Crippen molar-refractivity contribution in [2.24, 2.45) is 0 Å². The molecule has 0 aliphatic rings. The Kier molecular flexibility index (Phi) is 2.62. The summed E-state index contributed by atoms with van der Waals surface area (Å²) in [5, 5.41) is -0.475. The SMILES string of the molecule is COc1ccc2c(C(=O)C(=O)Cl)c[nH]c2n1. The van der Waals surface area contributed by atoms with Gasteiger partial charge in [-0.05, 0) is 17.7 Å². The Morgan fingerprint density at radius 1 is 1.44 bits per heavy atom. The second-order valence-corrected chi connectivity index (χ2v) is 3.40. The van der Waals surface area contributed by atoms with E-state index in [0.717, 1.165) is 0 Å². The van der Waals surface area contributed by atoms with Crippen molar-refractivity contribution in [3.63, 3.8) is 0 Å². The molecule has 16 heavy (non-hydrogen) atoms. The lowest BCUT2D eigenvalue weighted by atomic mass is 10.1. The van der Waals surface area contributed by atoms with Crippen LogP contribution in [-0.2, 0) is 4.79 Å². The molecular weight excluding hydrogens is 232 g/mol. The van der Waals surface area contributed by atoms with Gasteiger partial charge in [0.1, 0.15) is 5.65 Å². The van der Waals surface area contributed by atoms with Gasteiger partial charge in [0.25, 0.3) is 5.24 Å². The number of aromatic amines is 1. The Balaban J connectivity index is 2.58. The molecule has 82 valence electrons. The molecule has 1 N–H and O–H groups in total. The molecule has 0 aromatic carbocycles. The minimum Gasteiger partial charge on any atom is -0.481 e. The highest BCUT2D eigenvalue weighted by Crippen LogP contribution is 2.20. The van der Waals surface area contributed by atoms with Crippen LogP contribution in [0.4, 0.5) is 0 Å². The highest BCUT2D eigenvalue weighted by atomic mass is 35.5. The molecule has 0 aliphatic heterocycles. The maximum absolute atomic E-state index is 11.4. The number of rotatable bonds is 3. The van der Waals surface area contributed by atoms with Crippen molar-refractivity contribution >= 4 is 33.7 Å². The van der Waals surface area contributed by atoms with Gasteiger partial charge in [0.05, 0.1) is 12.7 Å². The molecule has 2 aromatic heterocycles. The van der Waals surface area contributed by atoms with E-state index in [-0.39, 0.29) is 5.56 Å². The largest absolute Gasteiger partial charge is 0.481 e. The number of aromatic nitrogens is 2. The zero-order valence-electron chi connectivity index (χ0n) is 8.28. The van der Waals surface area contributed by atoms with Gasteiger partial charge < -0.3 is 9.72 Å². The van der Waals surface area contributed by atoms with Gasteiger partial charge in [-0.25, -0.2) is 0 Å². The zero-order chi connectivity index (χ0) is 11.7. The van der Waals surface area contributed by atoms with E-state index in [4.69, 9.17) is 16.3 Å². The van der Waals surface area contributed by atoms with Crippen LogP contribution < -0.4 is 4.74 Å². The lowest BCUT2D eigenvalue weighted by Gasteiger charge is -1.97. The second-order valence-electron chi connectivity index (χ2n) is 3.05. The quantitative estimate of drug-likeness (QED) is 0.500. The van der Waals surface area contributed by atoms with Crippen LogP contribution >= 0.6 is 11.6 Å². The minimum atomic E-state index is -1.02. The third-order valence-electron chi connectivity index (χ3n) is 2.15. The molecule has 2 rings (SSSR count). The fraction of sp³-hybridized carbons (Fsp3) is 0.100. The summed E-state index contributed by atoms with van der Waals surface area (Å²) >= 11 is 5.13. The Bertz CT molecular complexity index is 576. The molecule has 0 radical (unpaired) electrons. The van der Waals surface area contributed by atoms with E-state index in [0.29, 0.717) is 16.9 Å². The van der Waals surface area contributed by atoms with Crippen LogP contribution in [0, 0.1) is 0 Å². The summed E-state index contributed by atoms with van der Waals surface area (Å²) in [5.41, 5.74) is 0.686. The molecule has 2 heterocycles. The highest BCUT2D eigenvalue weighted by molar-refractivity contribution is 6.83. The molecule has 0 fully saturated rings. The number of fused-ring (bicyclic) bond motifs is 1. The number of hydrogen-bond acceptors (Lipinski definition) is 4. The average molecular weight is 239 g/mol. The molecule has 0 saturated heterocycles. The van der Waals surface area contributed by atoms with E-state index >= 15 is 0 Å². The van der Waals surface area contributed by atoms with E-state index in [2.05, 4.69) is 9.97 Å². The molecule has 0 spiro atoms. The van der Waals surface area contributed by atoms with Crippen molar-refractivity contribution in [1.82, 2.24) is 9.97 Å². The van der Waals surface area contributed by atoms with Gasteiger partial charge >= 0.3 is 0 Å². The average Bonchev–Trinajstić information content (AvgIpc) is 2.70. The monoisotopic (exact) mass is 238 g/mol. The third kappa shape index (κ3) is 1.65. The smallest absolute Gasteiger partial charge is 0.293 e. The number of ether oxygens (including phenoxy) is 1. The highest BCUT2D eigenvalue weighted by Gasteiger charge is 2.18. The van der Waals surface area contributed by atoms with Crippen molar-refractivity contribution in [3.05, 3.63) is 23.9 Å². The second kappa shape index (κ2) is 3.94. The van der Waals surface area contributed by atoms with E-state index in [9.17, 15) is 9.59 Å². The van der Waals surface area contributed by atoms with Gasteiger partial charge in [0, 0.05) is 17.6 Å². The van der Waals surface area contributed by atoms with Gasteiger partial charge in [-0.1, -0.05) is 0 Å². The van der Waals surface area contributed by atoms with Crippen LogP contribution in [0.2, 0.25) is 0 Å². The van der Waals surface area contributed by atoms with Crippen LogP contribution in [0.3, 0.4) is 0 Å². The molecule has 0 amide bonds. The molecule has 0 unspecified atom stereocenters. The van der Waals surface area contributed by atoms with Gasteiger partial charge in [0.15, 0.2) is 0 Å². The van der Waals surface area contributed by atoms with Crippen molar-refractivity contribution in [2.75, 3.05) is 7.11 Å². The van der Waals surface area contributed by atoms with E-state index in [1.807, 2.05) is 0 Å². The van der Waals surface area contributed by atoms with E-state index < -0.39 is 11.0 Å².